The van der Waals surface area contributed by atoms with Crippen molar-refractivity contribution < 1.29 is 35.1 Å². The molecule has 48 heavy (non-hydrogen) atoms. The molecule has 0 spiro atoms. The normalized spacial score (nSPS) is 24.6. The molecule has 0 aromatic heterocycles. The molecule has 2 unspecified atom stereocenters. The second-order valence-electron chi connectivity index (χ2n) is 13.2. The Morgan fingerprint density at radius 3 is 1.35 bits per heavy atom. The summed E-state index contributed by atoms with van der Waals surface area (Å²) in [4.78, 5) is 27.8. The second-order valence-corrected chi connectivity index (χ2v) is 13.2. The Morgan fingerprint density at radius 1 is 0.604 bits per heavy atom. The smallest absolute Gasteiger partial charge is 0.226 e. The van der Waals surface area contributed by atoms with Gasteiger partial charge in [-0.25, -0.2) is 0 Å². The molecule has 0 heterocycles. The molecule has 2 amide bonds. The maximum atomic E-state index is 13.9. The van der Waals surface area contributed by atoms with Crippen LogP contribution >= 0.6 is 0 Å². The summed E-state index contributed by atoms with van der Waals surface area (Å²) in [6.07, 6.45) is -2.65. The van der Waals surface area contributed by atoms with Crippen molar-refractivity contribution in [1.82, 2.24) is 10.6 Å². The molecule has 6 atom stereocenters. The molecule has 0 fully saturated rings. The van der Waals surface area contributed by atoms with Crippen molar-refractivity contribution in [2.24, 2.45) is 11.8 Å². The monoisotopic (exact) mass is 650 g/mol. The fraction of sp³-hybridized carbons (Fsp3) is 0.333. The van der Waals surface area contributed by atoms with Crippen LogP contribution in [0, 0.1) is 11.8 Å². The third-order valence-electron chi connectivity index (χ3n) is 9.67. The first kappa shape index (κ1) is 33.5. The molecule has 4 aromatic carbocycles. The quantitative estimate of drug-likeness (QED) is 0.115. The number of carbonyl (C=O) groups is 2. The summed E-state index contributed by atoms with van der Waals surface area (Å²) in [5.74, 6) is -2.53. The predicted molar refractivity (Wildman–Crippen MR) is 179 cm³/mol. The lowest BCUT2D eigenvalue weighted by molar-refractivity contribution is -0.136. The maximum Gasteiger partial charge on any atom is 0.226 e. The highest BCUT2D eigenvalue weighted by molar-refractivity contribution is 5.81. The van der Waals surface area contributed by atoms with Crippen molar-refractivity contribution >= 4 is 11.8 Å². The molecule has 0 saturated heterocycles. The fourth-order valence-corrected chi connectivity index (χ4v) is 7.29. The van der Waals surface area contributed by atoms with E-state index in [0.29, 0.717) is 22.3 Å². The zero-order chi connectivity index (χ0) is 33.9. The lowest BCUT2D eigenvalue weighted by atomic mass is 9.86. The van der Waals surface area contributed by atoms with Crippen LogP contribution in [0.25, 0.3) is 0 Å². The summed E-state index contributed by atoms with van der Waals surface area (Å²) in [5, 5.41) is 61.3. The van der Waals surface area contributed by atoms with E-state index in [0.717, 1.165) is 11.1 Å². The number of carbonyl (C=O) groups excluding carboxylic acids is 2. The van der Waals surface area contributed by atoms with Gasteiger partial charge in [0.1, 0.15) is 0 Å². The van der Waals surface area contributed by atoms with Crippen LogP contribution in [0.5, 0.6) is 0 Å². The maximum absolute atomic E-state index is 13.9. The lowest BCUT2D eigenvalue weighted by Gasteiger charge is -2.31. The van der Waals surface area contributed by atoms with Gasteiger partial charge in [0.25, 0.3) is 0 Å². The number of nitrogens with one attached hydrogen (secondary N) is 2. The Hall–Kier alpha value is -4.38. The molecule has 0 bridgehead atoms. The molecule has 9 nitrogen and oxygen atoms in total. The Morgan fingerprint density at radius 2 is 0.958 bits per heavy atom. The molecule has 2 aliphatic carbocycles. The summed E-state index contributed by atoms with van der Waals surface area (Å²) < 4.78 is 0. The van der Waals surface area contributed by atoms with Gasteiger partial charge in [-0.1, -0.05) is 109 Å². The van der Waals surface area contributed by atoms with Crippen LogP contribution < -0.4 is 10.6 Å². The van der Waals surface area contributed by atoms with Gasteiger partial charge in [0.15, 0.2) is 11.4 Å². The minimum Gasteiger partial charge on any atom is -0.393 e. The second kappa shape index (κ2) is 14.0. The van der Waals surface area contributed by atoms with Gasteiger partial charge in [0.2, 0.25) is 11.8 Å². The highest BCUT2D eigenvalue weighted by atomic mass is 16.3. The third kappa shape index (κ3) is 7.21. The van der Waals surface area contributed by atoms with E-state index >= 15 is 0 Å². The van der Waals surface area contributed by atoms with Crippen molar-refractivity contribution in [1.29, 1.82) is 0 Å². The van der Waals surface area contributed by atoms with Crippen LogP contribution in [-0.4, -0.2) is 43.5 Å². The number of rotatable bonds is 12. The minimum absolute atomic E-state index is 0.00854. The summed E-state index contributed by atoms with van der Waals surface area (Å²) in [6, 6.07) is 32.5. The van der Waals surface area contributed by atoms with Gasteiger partial charge in [0, 0.05) is 35.8 Å². The van der Waals surface area contributed by atoms with E-state index in [2.05, 4.69) is 10.6 Å². The number of fused-ring (bicyclic) bond motifs is 2. The molecule has 0 saturated carbocycles. The van der Waals surface area contributed by atoms with Crippen molar-refractivity contribution in [3.63, 3.8) is 0 Å². The van der Waals surface area contributed by atoms with Gasteiger partial charge in [-0.05, 0) is 47.9 Å². The highest BCUT2D eigenvalue weighted by Crippen LogP contribution is 2.43. The molecule has 0 aliphatic heterocycles. The van der Waals surface area contributed by atoms with E-state index in [-0.39, 0.29) is 38.5 Å². The van der Waals surface area contributed by atoms with Crippen LogP contribution in [0.2, 0.25) is 0 Å². The first-order valence-corrected chi connectivity index (χ1v) is 16.4. The van der Waals surface area contributed by atoms with E-state index in [9.17, 15) is 35.1 Å². The van der Waals surface area contributed by atoms with Crippen LogP contribution in [0.4, 0.5) is 0 Å². The molecular formula is C39H42N2O7. The van der Waals surface area contributed by atoms with E-state index in [4.69, 9.17) is 0 Å². The largest absolute Gasteiger partial charge is 0.393 e. The summed E-state index contributed by atoms with van der Waals surface area (Å²) in [6.45, 7) is 0. The van der Waals surface area contributed by atoms with Gasteiger partial charge < -0.3 is 36.2 Å². The van der Waals surface area contributed by atoms with E-state index < -0.39 is 53.4 Å². The number of hydrogen-bond acceptors (Lipinski definition) is 7. The van der Waals surface area contributed by atoms with Crippen LogP contribution in [0.3, 0.4) is 0 Å². The SMILES string of the molecule is O=C(N[C@@]1(O)C[C@@H](O)c2ccccc21)C(Cc1ccccc1)CC(O)CC(Cc1ccccc1)C(=O)N[C@@]1(O)C[C@@H](O)c2ccccc21. The number of aliphatic hydroxyl groups is 5. The van der Waals surface area contributed by atoms with E-state index in [1.807, 2.05) is 60.7 Å². The zero-order valence-corrected chi connectivity index (χ0v) is 26.6. The highest BCUT2D eigenvalue weighted by Gasteiger charge is 2.45. The average molecular weight is 651 g/mol. The van der Waals surface area contributed by atoms with Gasteiger partial charge in [-0.3, -0.25) is 9.59 Å². The number of benzene rings is 4. The third-order valence-corrected chi connectivity index (χ3v) is 9.67. The van der Waals surface area contributed by atoms with Gasteiger partial charge in [-0.2, -0.15) is 0 Å². The molecule has 6 rings (SSSR count). The average Bonchev–Trinajstić information content (AvgIpc) is 3.48. The van der Waals surface area contributed by atoms with Gasteiger partial charge in [-0.15, -0.1) is 0 Å². The standard InChI is InChI=1S/C39H42N2O7/c42-29(21-27(19-25-11-3-1-4-12-25)36(45)40-38(47)23-34(43)30-15-7-9-17-32(30)38)22-28(20-26-13-5-2-6-14-26)37(46)41-39(48)24-35(44)31-16-8-10-18-33(31)39/h1-18,27-29,34-35,42-44,47-48H,19-24H2,(H,40,45)(H,41,46)/t27?,28?,29?,34-,35-,38-,39-/m1/s1. The number of hydrogen-bond donors (Lipinski definition) is 7. The molecule has 0 radical (unpaired) electrons. The van der Waals surface area contributed by atoms with Crippen LogP contribution in [0.1, 0.15) is 71.3 Å². The Balaban J connectivity index is 1.21. The summed E-state index contributed by atoms with van der Waals surface area (Å²) >= 11 is 0. The molecule has 250 valence electrons. The predicted octanol–water partition coefficient (Wildman–Crippen LogP) is 3.64. The summed E-state index contributed by atoms with van der Waals surface area (Å²) in [7, 11) is 0. The number of aliphatic hydroxyl groups excluding tert-OH is 3. The number of amides is 2. The van der Waals surface area contributed by atoms with Crippen LogP contribution in [0.15, 0.2) is 109 Å². The molecule has 7 N–H and O–H groups in total. The fourth-order valence-electron chi connectivity index (χ4n) is 7.29. The van der Waals surface area contributed by atoms with E-state index in [1.165, 1.54) is 0 Å². The van der Waals surface area contributed by atoms with Crippen molar-refractivity contribution in [3.8, 4) is 0 Å². The Bertz CT molecular complexity index is 1610. The van der Waals surface area contributed by atoms with Crippen molar-refractivity contribution in [2.75, 3.05) is 0 Å². The topological polar surface area (TPSA) is 159 Å². The van der Waals surface area contributed by atoms with E-state index in [1.54, 1.807) is 48.5 Å². The molecule has 2 aliphatic rings. The summed E-state index contributed by atoms with van der Waals surface area (Å²) in [5.41, 5.74) is 0.135. The Kier molecular flexibility index (Phi) is 9.78. The van der Waals surface area contributed by atoms with Gasteiger partial charge >= 0.3 is 0 Å². The van der Waals surface area contributed by atoms with Crippen LogP contribution in [-0.2, 0) is 33.9 Å². The first-order chi connectivity index (χ1) is 23.0. The molecular weight excluding hydrogens is 608 g/mol. The lowest BCUT2D eigenvalue weighted by Crippen LogP contribution is -2.48. The first-order valence-electron chi connectivity index (χ1n) is 16.4. The molecule has 4 aromatic rings. The van der Waals surface area contributed by atoms with Gasteiger partial charge in [0.05, 0.1) is 18.3 Å². The zero-order valence-electron chi connectivity index (χ0n) is 26.6. The Labute approximate surface area is 279 Å². The van der Waals surface area contributed by atoms with Crippen molar-refractivity contribution in [3.05, 3.63) is 143 Å². The minimum atomic E-state index is -1.78. The molecule has 9 heteroatoms. The van der Waals surface area contributed by atoms with Crippen molar-refractivity contribution in [2.45, 2.75) is 68.3 Å².